The molecule has 0 aliphatic rings. The minimum Gasteiger partial charge on any atom is -0.508 e. The van der Waals surface area contributed by atoms with E-state index in [2.05, 4.69) is 0 Å². The molecular weight excluding hydrogens is 188 g/mol. The summed E-state index contributed by atoms with van der Waals surface area (Å²) in [6, 6.07) is 14.4. The maximum atomic E-state index is 9.59. The van der Waals surface area contributed by atoms with Crippen LogP contribution < -0.4 is 0 Å². The van der Waals surface area contributed by atoms with Crippen molar-refractivity contribution in [3.63, 3.8) is 0 Å². The second kappa shape index (κ2) is 4.05. The Hall–Kier alpha value is -1.96. The molecule has 0 aliphatic heterocycles. The molecule has 0 unspecified atom stereocenters. The fourth-order valence-corrected chi connectivity index (χ4v) is 1.53. The number of hydrogen-bond acceptors (Lipinski definition) is 2. The first kappa shape index (κ1) is 9.59. The van der Waals surface area contributed by atoms with Crippen molar-refractivity contribution in [2.45, 2.75) is 6.42 Å². The lowest BCUT2D eigenvalue weighted by molar-refractivity contribution is 0.455. The Balaban J connectivity index is 2.28. The van der Waals surface area contributed by atoms with Gasteiger partial charge in [0.05, 0.1) is 0 Å². The number of benzene rings is 2. The van der Waals surface area contributed by atoms with E-state index in [1.165, 1.54) is 12.1 Å². The summed E-state index contributed by atoms with van der Waals surface area (Å²) in [6.45, 7) is 0. The molecule has 0 aliphatic carbocycles. The zero-order valence-electron chi connectivity index (χ0n) is 8.22. The first-order valence-electron chi connectivity index (χ1n) is 4.80. The van der Waals surface area contributed by atoms with Gasteiger partial charge in [-0.05, 0) is 23.8 Å². The number of aromatic hydroxyl groups is 2. The molecule has 2 N–H and O–H groups in total. The van der Waals surface area contributed by atoms with Crippen molar-refractivity contribution in [3.8, 4) is 11.5 Å². The van der Waals surface area contributed by atoms with Gasteiger partial charge >= 0.3 is 0 Å². The van der Waals surface area contributed by atoms with E-state index < -0.39 is 0 Å². The van der Waals surface area contributed by atoms with Gasteiger partial charge in [-0.15, -0.1) is 0 Å². The first-order valence-corrected chi connectivity index (χ1v) is 4.80. The van der Waals surface area contributed by atoms with Crippen LogP contribution in [0.4, 0.5) is 0 Å². The summed E-state index contributed by atoms with van der Waals surface area (Å²) in [5, 5.41) is 18.9. The molecule has 0 saturated carbocycles. The normalized spacial score (nSPS) is 10.1. The molecule has 0 spiro atoms. The topological polar surface area (TPSA) is 40.5 Å². The van der Waals surface area contributed by atoms with Gasteiger partial charge in [0, 0.05) is 12.0 Å². The fraction of sp³-hybridized carbons (Fsp3) is 0.0769. The number of phenolic OH excluding ortho intramolecular Hbond substituents is 2. The Morgan fingerprint density at radius 3 is 2.33 bits per heavy atom. The number of phenols is 2. The molecule has 2 heteroatoms. The third-order valence-electron chi connectivity index (χ3n) is 2.30. The predicted octanol–water partition coefficient (Wildman–Crippen LogP) is 2.69. The summed E-state index contributed by atoms with van der Waals surface area (Å²) in [5.41, 5.74) is 1.85. The van der Waals surface area contributed by atoms with Crippen molar-refractivity contribution in [1.82, 2.24) is 0 Å². The highest BCUT2D eigenvalue weighted by Crippen LogP contribution is 2.24. The van der Waals surface area contributed by atoms with E-state index in [0.29, 0.717) is 6.42 Å². The van der Waals surface area contributed by atoms with Crippen LogP contribution in [0.25, 0.3) is 0 Å². The number of hydrogen-bond donors (Lipinski definition) is 2. The summed E-state index contributed by atoms with van der Waals surface area (Å²) in [4.78, 5) is 0. The lowest BCUT2D eigenvalue weighted by Crippen LogP contribution is -1.88. The lowest BCUT2D eigenvalue weighted by atomic mass is 10.0. The molecule has 2 nitrogen and oxygen atoms in total. The standard InChI is InChI=1S/C13H12O2/c14-12-6-7-13(15)11(9-12)8-10-4-2-1-3-5-10/h1-7,9,14-15H,8H2. The maximum Gasteiger partial charge on any atom is 0.119 e. The third kappa shape index (κ3) is 2.29. The average molecular weight is 200 g/mol. The Bertz CT molecular complexity index is 449. The molecule has 0 fully saturated rings. The molecule has 2 rings (SSSR count). The summed E-state index contributed by atoms with van der Waals surface area (Å²) in [7, 11) is 0. The summed E-state index contributed by atoms with van der Waals surface area (Å²) >= 11 is 0. The van der Waals surface area contributed by atoms with Crippen LogP contribution in [0, 0.1) is 0 Å². The van der Waals surface area contributed by atoms with Crippen molar-refractivity contribution in [2.24, 2.45) is 0 Å². The third-order valence-corrected chi connectivity index (χ3v) is 2.30. The van der Waals surface area contributed by atoms with Crippen LogP contribution in [-0.2, 0) is 6.42 Å². The average Bonchev–Trinajstić information content (AvgIpc) is 2.25. The Morgan fingerprint density at radius 2 is 1.60 bits per heavy atom. The Labute approximate surface area is 88.4 Å². The van der Waals surface area contributed by atoms with Crippen LogP contribution in [-0.4, -0.2) is 10.2 Å². The van der Waals surface area contributed by atoms with Crippen LogP contribution in [0.2, 0.25) is 0 Å². The first-order chi connectivity index (χ1) is 7.25. The maximum absolute atomic E-state index is 9.59. The van der Waals surface area contributed by atoms with E-state index in [1.54, 1.807) is 6.07 Å². The molecule has 0 bridgehead atoms. The molecule has 0 radical (unpaired) electrons. The van der Waals surface area contributed by atoms with Gasteiger partial charge in [0.1, 0.15) is 11.5 Å². The fourth-order valence-electron chi connectivity index (χ4n) is 1.53. The van der Waals surface area contributed by atoms with Crippen LogP contribution in [0.15, 0.2) is 48.5 Å². The highest BCUT2D eigenvalue weighted by molar-refractivity contribution is 5.41. The molecular formula is C13H12O2. The second-order valence-electron chi connectivity index (χ2n) is 3.48. The SMILES string of the molecule is Oc1ccc(O)c(Cc2ccccc2)c1. The van der Waals surface area contributed by atoms with Crippen molar-refractivity contribution < 1.29 is 10.2 Å². The minimum atomic E-state index is 0.179. The smallest absolute Gasteiger partial charge is 0.119 e. The van der Waals surface area contributed by atoms with Gasteiger partial charge in [-0.25, -0.2) is 0 Å². The molecule has 2 aromatic rings. The quantitative estimate of drug-likeness (QED) is 0.732. The molecule has 76 valence electrons. The summed E-state index contributed by atoms with van der Waals surface area (Å²) in [6.07, 6.45) is 0.626. The summed E-state index contributed by atoms with van der Waals surface area (Å²) < 4.78 is 0. The van der Waals surface area contributed by atoms with Crippen LogP contribution in [0.1, 0.15) is 11.1 Å². The van der Waals surface area contributed by atoms with E-state index in [0.717, 1.165) is 11.1 Å². The summed E-state index contributed by atoms with van der Waals surface area (Å²) in [5.74, 6) is 0.399. The highest BCUT2D eigenvalue weighted by atomic mass is 16.3. The van der Waals surface area contributed by atoms with Crippen LogP contribution >= 0.6 is 0 Å². The van der Waals surface area contributed by atoms with Crippen molar-refractivity contribution in [3.05, 3.63) is 59.7 Å². The number of rotatable bonds is 2. The van der Waals surface area contributed by atoms with E-state index in [1.807, 2.05) is 30.3 Å². The zero-order valence-corrected chi connectivity index (χ0v) is 8.22. The lowest BCUT2D eigenvalue weighted by Gasteiger charge is -2.05. The van der Waals surface area contributed by atoms with Crippen LogP contribution in [0.5, 0.6) is 11.5 Å². The molecule has 0 atom stereocenters. The van der Waals surface area contributed by atoms with Gasteiger partial charge in [-0.1, -0.05) is 30.3 Å². The molecule has 0 saturated heterocycles. The Morgan fingerprint density at radius 1 is 0.867 bits per heavy atom. The largest absolute Gasteiger partial charge is 0.508 e. The van der Waals surface area contributed by atoms with Crippen LogP contribution in [0.3, 0.4) is 0 Å². The molecule has 0 aromatic heterocycles. The van der Waals surface area contributed by atoms with Crippen molar-refractivity contribution in [2.75, 3.05) is 0 Å². The van der Waals surface area contributed by atoms with E-state index in [4.69, 9.17) is 0 Å². The molecule has 15 heavy (non-hydrogen) atoms. The van der Waals surface area contributed by atoms with Gasteiger partial charge in [0.15, 0.2) is 0 Å². The van der Waals surface area contributed by atoms with Gasteiger partial charge in [0.25, 0.3) is 0 Å². The van der Waals surface area contributed by atoms with Gasteiger partial charge < -0.3 is 10.2 Å². The van der Waals surface area contributed by atoms with Crippen molar-refractivity contribution >= 4 is 0 Å². The second-order valence-corrected chi connectivity index (χ2v) is 3.48. The zero-order chi connectivity index (χ0) is 10.7. The van der Waals surface area contributed by atoms with Crippen molar-refractivity contribution in [1.29, 1.82) is 0 Å². The minimum absolute atomic E-state index is 0.179. The monoisotopic (exact) mass is 200 g/mol. The van der Waals surface area contributed by atoms with E-state index in [9.17, 15) is 10.2 Å². The van der Waals surface area contributed by atoms with Gasteiger partial charge in [-0.2, -0.15) is 0 Å². The van der Waals surface area contributed by atoms with Gasteiger partial charge in [-0.3, -0.25) is 0 Å². The molecule has 0 amide bonds. The molecule has 2 aromatic carbocycles. The highest BCUT2D eigenvalue weighted by Gasteiger charge is 2.03. The molecule has 0 heterocycles. The Kier molecular flexibility index (Phi) is 2.59. The van der Waals surface area contributed by atoms with E-state index >= 15 is 0 Å². The van der Waals surface area contributed by atoms with E-state index in [-0.39, 0.29) is 11.5 Å². The van der Waals surface area contributed by atoms with Gasteiger partial charge in [0.2, 0.25) is 0 Å². The predicted molar refractivity (Wildman–Crippen MR) is 59.0 cm³/mol.